The lowest BCUT2D eigenvalue weighted by Gasteiger charge is -1.98. The molecule has 5 nitrogen and oxygen atoms in total. The average molecular weight is 217 g/mol. The third kappa shape index (κ3) is 1.33. The first kappa shape index (κ1) is 9.33. The Morgan fingerprint density at radius 3 is 3.21 bits per heavy atom. The Balaban J connectivity index is 2.32. The Morgan fingerprint density at radius 2 is 2.57 bits per heavy atom. The molecule has 0 atom stereocenters. The number of fused-ring (bicyclic) bond motifs is 1. The van der Waals surface area contributed by atoms with Gasteiger partial charge >= 0.3 is 5.97 Å². The molecule has 2 heterocycles. The molecule has 1 aromatic heterocycles. The fourth-order valence-electron chi connectivity index (χ4n) is 1.27. The first-order chi connectivity index (χ1) is 6.74. The summed E-state index contributed by atoms with van der Waals surface area (Å²) in [5.74, 6) is -0.0577. The topological polar surface area (TPSA) is 53.3 Å². The maximum atomic E-state index is 11.3. The van der Waals surface area contributed by atoms with E-state index in [0.29, 0.717) is 25.6 Å². The summed E-state index contributed by atoms with van der Waals surface area (Å²) in [4.78, 5) is 11.3. The Labute approximate surface area is 85.5 Å². The molecule has 0 aromatic carbocycles. The lowest BCUT2D eigenvalue weighted by atomic mass is 10.4. The summed E-state index contributed by atoms with van der Waals surface area (Å²) in [6.07, 6.45) is 0. The molecular formula is C8H9ClN2O3. The largest absolute Gasteiger partial charge is 0.475 e. The molecular weight excluding hydrogens is 208 g/mol. The molecule has 0 bridgehead atoms. The van der Waals surface area contributed by atoms with Gasteiger partial charge in [0.15, 0.2) is 5.69 Å². The van der Waals surface area contributed by atoms with Gasteiger partial charge in [-0.2, -0.15) is 5.10 Å². The van der Waals surface area contributed by atoms with Crippen LogP contribution in [-0.4, -0.2) is 29.0 Å². The summed E-state index contributed by atoms with van der Waals surface area (Å²) < 4.78 is 11.6. The van der Waals surface area contributed by atoms with Gasteiger partial charge in [0.2, 0.25) is 5.88 Å². The standard InChI is InChI=1S/C8H9ClN2O3/c1-2-13-8(12)6-5(9)7-11(10-6)3-4-14-7/h2-4H2,1H3. The molecule has 0 unspecified atom stereocenters. The van der Waals surface area contributed by atoms with Gasteiger partial charge in [-0.25, -0.2) is 9.48 Å². The van der Waals surface area contributed by atoms with Gasteiger partial charge in [0.05, 0.1) is 13.2 Å². The second-order valence-electron chi connectivity index (χ2n) is 2.76. The van der Waals surface area contributed by atoms with Gasteiger partial charge in [0, 0.05) is 0 Å². The zero-order valence-electron chi connectivity index (χ0n) is 7.62. The number of hydrogen-bond donors (Lipinski definition) is 0. The Kier molecular flexibility index (Phi) is 2.33. The van der Waals surface area contributed by atoms with Crippen molar-refractivity contribution in [3.05, 3.63) is 10.7 Å². The van der Waals surface area contributed by atoms with E-state index in [1.807, 2.05) is 0 Å². The molecule has 0 fully saturated rings. The van der Waals surface area contributed by atoms with E-state index in [4.69, 9.17) is 21.1 Å². The highest BCUT2D eigenvalue weighted by Gasteiger charge is 2.26. The monoisotopic (exact) mass is 216 g/mol. The number of esters is 1. The van der Waals surface area contributed by atoms with E-state index in [2.05, 4.69) is 5.10 Å². The molecule has 1 aliphatic rings. The molecule has 1 aromatic rings. The van der Waals surface area contributed by atoms with E-state index in [0.717, 1.165) is 0 Å². The summed E-state index contributed by atoms with van der Waals surface area (Å²) in [5.41, 5.74) is 0.128. The average Bonchev–Trinajstić information content (AvgIpc) is 2.69. The number of aromatic nitrogens is 2. The molecule has 76 valence electrons. The lowest BCUT2D eigenvalue weighted by molar-refractivity contribution is 0.0518. The van der Waals surface area contributed by atoms with Crippen LogP contribution >= 0.6 is 11.6 Å². The van der Waals surface area contributed by atoms with Crippen molar-refractivity contribution >= 4 is 17.6 Å². The molecule has 0 N–H and O–H groups in total. The minimum Gasteiger partial charge on any atom is -0.475 e. The van der Waals surface area contributed by atoms with Crippen molar-refractivity contribution in [1.82, 2.24) is 9.78 Å². The zero-order valence-corrected chi connectivity index (χ0v) is 8.37. The van der Waals surface area contributed by atoms with Crippen LogP contribution in [0.5, 0.6) is 5.88 Å². The summed E-state index contributed by atoms with van der Waals surface area (Å²) >= 11 is 5.89. The molecule has 0 saturated carbocycles. The quantitative estimate of drug-likeness (QED) is 0.695. The van der Waals surface area contributed by atoms with Gasteiger partial charge in [-0.05, 0) is 6.92 Å². The van der Waals surface area contributed by atoms with Crippen LogP contribution in [0, 0.1) is 0 Å². The summed E-state index contributed by atoms with van der Waals surface area (Å²) in [7, 11) is 0. The van der Waals surface area contributed by atoms with Crippen molar-refractivity contribution in [2.24, 2.45) is 0 Å². The number of hydrogen-bond acceptors (Lipinski definition) is 4. The first-order valence-corrected chi connectivity index (χ1v) is 4.68. The third-order valence-electron chi connectivity index (χ3n) is 1.86. The van der Waals surface area contributed by atoms with Crippen LogP contribution in [0.1, 0.15) is 17.4 Å². The van der Waals surface area contributed by atoms with Crippen molar-refractivity contribution in [1.29, 1.82) is 0 Å². The minimum atomic E-state index is -0.511. The van der Waals surface area contributed by atoms with Crippen LogP contribution in [-0.2, 0) is 11.3 Å². The Bertz CT molecular complexity index is 375. The Hall–Kier alpha value is -1.23. The molecule has 14 heavy (non-hydrogen) atoms. The van der Waals surface area contributed by atoms with Gasteiger partial charge < -0.3 is 9.47 Å². The normalized spacial score (nSPS) is 13.6. The van der Waals surface area contributed by atoms with E-state index in [1.54, 1.807) is 11.6 Å². The first-order valence-electron chi connectivity index (χ1n) is 4.30. The highest BCUT2D eigenvalue weighted by atomic mass is 35.5. The minimum absolute atomic E-state index is 0.128. The fraction of sp³-hybridized carbons (Fsp3) is 0.500. The molecule has 2 rings (SSSR count). The van der Waals surface area contributed by atoms with Gasteiger partial charge in [-0.1, -0.05) is 11.6 Å². The Morgan fingerprint density at radius 1 is 1.79 bits per heavy atom. The van der Waals surface area contributed by atoms with Crippen LogP contribution in [0.4, 0.5) is 0 Å². The SMILES string of the molecule is CCOC(=O)c1nn2c(c1Cl)OCC2. The highest BCUT2D eigenvalue weighted by Crippen LogP contribution is 2.31. The predicted molar refractivity (Wildman–Crippen MR) is 48.7 cm³/mol. The van der Waals surface area contributed by atoms with Gasteiger partial charge in [0.25, 0.3) is 0 Å². The molecule has 0 radical (unpaired) electrons. The maximum Gasteiger partial charge on any atom is 0.360 e. The van der Waals surface area contributed by atoms with Crippen molar-refractivity contribution < 1.29 is 14.3 Å². The number of nitrogens with zero attached hydrogens (tertiary/aromatic N) is 2. The van der Waals surface area contributed by atoms with Gasteiger partial charge in [-0.15, -0.1) is 0 Å². The zero-order chi connectivity index (χ0) is 10.1. The van der Waals surface area contributed by atoms with Crippen LogP contribution in [0.2, 0.25) is 5.02 Å². The predicted octanol–water partition coefficient (Wildman–Crippen LogP) is 1.11. The summed E-state index contributed by atoms with van der Waals surface area (Å²) in [6.45, 7) is 3.20. The van der Waals surface area contributed by atoms with E-state index in [1.165, 1.54) is 0 Å². The summed E-state index contributed by atoms with van der Waals surface area (Å²) in [6, 6.07) is 0. The van der Waals surface area contributed by atoms with Gasteiger partial charge in [-0.3, -0.25) is 0 Å². The second-order valence-corrected chi connectivity index (χ2v) is 3.14. The van der Waals surface area contributed by atoms with Crippen molar-refractivity contribution in [2.75, 3.05) is 13.2 Å². The van der Waals surface area contributed by atoms with Crippen LogP contribution in [0.15, 0.2) is 0 Å². The number of ether oxygens (including phenoxy) is 2. The van der Waals surface area contributed by atoms with E-state index < -0.39 is 5.97 Å². The lowest BCUT2D eigenvalue weighted by Crippen LogP contribution is -2.08. The number of rotatable bonds is 2. The van der Waals surface area contributed by atoms with Crippen LogP contribution in [0.25, 0.3) is 0 Å². The van der Waals surface area contributed by atoms with E-state index in [9.17, 15) is 4.79 Å². The highest BCUT2D eigenvalue weighted by molar-refractivity contribution is 6.34. The molecule has 0 aliphatic carbocycles. The third-order valence-corrected chi connectivity index (χ3v) is 2.20. The van der Waals surface area contributed by atoms with E-state index in [-0.39, 0.29) is 10.7 Å². The molecule has 0 saturated heterocycles. The van der Waals surface area contributed by atoms with Crippen LogP contribution < -0.4 is 4.74 Å². The number of carbonyl (C=O) groups excluding carboxylic acids is 1. The molecule has 0 spiro atoms. The second kappa shape index (κ2) is 3.49. The van der Waals surface area contributed by atoms with Crippen molar-refractivity contribution in [2.45, 2.75) is 13.5 Å². The van der Waals surface area contributed by atoms with E-state index >= 15 is 0 Å². The van der Waals surface area contributed by atoms with Gasteiger partial charge in [0.1, 0.15) is 11.6 Å². The molecule has 6 heteroatoms. The molecule has 0 amide bonds. The number of carbonyl (C=O) groups is 1. The van der Waals surface area contributed by atoms with Crippen molar-refractivity contribution in [3.63, 3.8) is 0 Å². The van der Waals surface area contributed by atoms with Crippen molar-refractivity contribution in [3.8, 4) is 5.88 Å². The number of halogens is 1. The summed E-state index contributed by atoms with van der Waals surface area (Å²) in [5, 5.41) is 4.23. The maximum absolute atomic E-state index is 11.3. The van der Waals surface area contributed by atoms with Crippen LogP contribution in [0.3, 0.4) is 0 Å². The fourth-order valence-corrected chi connectivity index (χ4v) is 1.54. The molecule has 1 aliphatic heterocycles. The smallest absolute Gasteiger partial charge is 0.360 e.